The molecule has 1 amide bonds. The van der Waals surface area contributed by atoms with Crippen LogP contribution < -0.4 is 10.1 Å². The van der Waals surface area contributed by atoms with Crippen molar-refractivity contribution in [2.24, 2.45) is 0 Å². The first-order valence-corrected chi connectivity index (χ1v) is 5.88. The number of amides is 1. The number of esters is 1. The lowest BCUT2D eigenvalue weighted by Crippen LogP contribution is -2.33. The Kier molecular flexibility index (Phi) is 6.14. The van der Waals surface area contributed by atoms with Gasteiger partial charge in [0, 0.05) is 6.20 Å². The lowest BCUT2D eigenvalue weighted by atomic mass is 10.4. The van der Waals surface area contributed by atoms with Gasteiger partial charge in [-0.05, 0) is 18.6 Å². The molecule has 0 saturated heterocycles. The molecule has 1 aromatic rings. The highest BCUT2D eigenvalue weighted by molar-refractivity contribution is 5.78. The van der Waals surface area contributed by atoms with Gasteiger partial charge in [0.1, 0.15) is 6.54 Å². The van der Waals surface area contributed by atoms with Crippen LogP contribution in [0.4, 0.5) is 4.79 Å². The van der Waals surface area contributed by atoms with Gasteiger partial charge in [0.25, 0.3) is 5.88 Å². The molecule has 0 saturated carbocycles. The molecule has 0 aliphatic rings. The number of carbonyl (C=O) groups excluding carboxylic acids is 2. The molecular weight excluding hydrogens is 252 g/mol. The van der Waals surface area contributed by atoms with Gasteiger partial charge < -0.3 is 19.9 Å². The Balaban J connectivity index is 2.28. The van der Waals surface area contributed by atoms with E-state index in [1.165, 1.54) is 18.3 Å². The molecule has 104 valence electrons. The third-order valence-electron chi connectivity index (χ3n) is 2.08. The fourth-order valence-corrected chi connectivity index (χ4v) is 1.11. The summed E-state index contributed by atoms with van der Waals surface area (Å²) < 4.78 is 9.53. The Morgan fingerprint density at radius 1 is 1.47 bits per heavy atom. The van der Waals surface area contributed by atoms with E-state index >= 15 is 0 Å². The van der Waals surface area contributed by atoms with Crippen molar-refractivity contribution in [3.8, 4) is 11.6 Å². The molecule has 0 bridgehead atoms. The van der Waals surface area contributed by atoms with Crippen LogP contribution in [0.3, 0.4) is 0 Å². The molecule has 0 atom stereocenters. The number of hydrogen-bond donors (Lipinski definition) is 2. The van der Waals surface area contributed by atoms with E-state index in [1.54, 1.807) is 0 Å². The normalized spacial score (nSPS) is 9.74. The lowest BCUT2D eigenvalue weighted by Gasteiger charge is -2.07. The van der Waals surface area contributed by atoms with Gasteiger partial charge in [0.05, 0.1) is 6.61 Å². The van der Waals surface area contributed by atoms with Crippen molar-refractivity contribution in [2.75, 3.05) is 13.2 Å². The van der Waals surface area contributed by atoms with Crippen LogP contribution >= 0.6 is 0 Å². The van der Waals surface area contributed by atoms with Gasteiger partial charge in [0.2, 0.25) is 0 Å². The van der Waals surface area contributed by atoms with E-state index in [0.29, 0.717) is 6.61 Å². The molecule has 0 radical (unpaired) electrons. The molecule has 2 N–H and O–H groups in total. The Hall–Kier alpha value is -2.31. The van der Waals surface area contributed by atoms with E-state index in [4.69, 9.17) is 9.47 Å². The second-order valence-corrected chi connectivity index (χ2v) is 3.64. The number of nitrogens with one attached hydrogen (secondary N) is 1. The van der Waals surface area contributed by atoms with Crippen LogP contribution in [0.25, 0.3) is 0 Å². The summed E-state index contributed by atoms with van der Waals surface area (Å²) in [5.41, 5.74) is 0. The van der Waals surface area contributed by atoms with Crippen molar-refractivity contribution in [3.05, 3.63) is 18.3 Å². The predicted octanol–water partition coefficient (Wildman–Crippen LogP) is 1.22. The fraction of sp³-hybridized carbons (Fsp3) is 0.417. The van der Waals surface area contributed by atoms with Crippen LogP contribution in [0.1, 0.15) is 19.8 Å². The number of hydrogen-bond acceptors (Lipinski definition) is 6. The number of aromatic hydroxyl groups is 1. The van der Waals surface area contributed by atoms with Crippen molar-refractivity contribution in [1.29, 1.82) is 0 Å². The van der Waals surface area contributed by atoms with Crippen molar-refractivity contribution < 1.29 is 24.2 Å². The van der Waals surface area contributed by atoms with Gasteiger partial charge in [-0.1, -0.05) is 13.3 Å². The molecule has 1 heterocycles. The summed E-state index contributed by atoms with van der Waals surface area (Å²) in [5, 5.41) is 11.5. The summed E-state index contributed by atoms with van der Waals surface area (Å²) in [6.07, 6.45) is 2.17. The second kappa shape index (κ2) is 7.91. The molecule has 0 aliphatic carbocycles. The summed E-state index contributed by atoms with van der Waals surface area (Å²) in [6.45, 7) is 2.01. The van der Waals surface area contributed by atoms with Gasteiger partial charge in [-0.2, -0.15) is 0 Å². The van der Waals surface area contributed by atoms with Gasteiger partial charge in [-0.25, -0.2) is 9.78 Å². The highest BCUT2D eigenvalue weighted by atomic mass is 16.6. The first-order chi connectivity index (χ1) is 9.13. The maximum atomic E-state index is 11.3. The first kappa shape index (κ1) is 14.7. The maximum absolute atomic E-state index is 11.3. The number of carbonyl (C=O) groups is 2. The monoisotopic (exact) mass is 268 g/mol. The molecule has 19 heavy (non-hydrogen) atoms. The Morgan fingerprint density at radius 3 is 2.95 bits per heavy atom. The van der Waals surface area contributed by atoms with E-state index in [2.05, 4.69) is 10.3 Å². The molecule has 7 nitrogen and oxygen atoms in total. The zero-order valence-electron chi connectivity index (χ0n) is 10.6. The first-order valence-electron chi connectivity index (χ1n) is 5.88. The zero-order chi connectivity index (χ0) is 14.1. The minimum Gasteiger partial charge on any atom is -0.503 e. The molecular formula is C12H16N2O5. The number of aromatic nitrogens is 1. The quantitative estimate of drug-likeness (QED) is 0.594. The average Bonchev–Trinajstić information content (AvgIpc) is 2.39. The number of nitrogens with zero attached hydrogens (tertiary/aromatic N) is 1. The van der Waals surface area contributed by atoms with E-state index < -0.39 is 12.1 Å². The minimum absolute atomic E-state index is 0.223. The topological polar surface area (TPSA) is 97.8 Å². The summed E-state index contributed by atoms with van der Waals surface area (Å²) >= 11 is 0. The van der Waals surface area contributed by atoms with Crippen LogP contribution in [-0.2, 0) is 9.53 Å². The highest BCUT2D eigenvalue weighted by Gasteiger charge is 2.11. The van der Waals surface area contributed by atoms with Gasteiger partial charge >= 0.3 is 12.1 Å². The number of ether oxygens (including phenoxy) is 2. The summed E-state index contributed by atoms with van der Waals surface area (Å²) in [6, 6.07) is 2.82. The zero-order valence-corrected chi connectivity index (χ0v) is 10.6. The number of rotatable bonds is 6. The van der Waals surface area contributed by atoms with Crippen LogP contribution in [0.15, 0.2) is 18.3 Å². The van der Waals surface area contributed by atoms with E-state index in [1.807, 2.05) is 6.92 Å². The number of pyridine rings is 1. The van der Waals surface area contributed by atoms with Gasteiger partial charge in [-0.3, -0.25) is 4.79 Å². The van der Waals surface area contributed by atoms with E-state index in [0.717, 1.165) is 12.8 Å². The second-order valence-electron chi connectivity index (χ2n) is 3.64. The molecule has 0 aromatic carbocycles. The molecule has 0 aliphatic heterocycles. The highest BCUT2D eigenvalue weighted by Crippen LogP contribution is 2.20. The van der Waals surface area contributed by atoms with Gasteiger partial charge in [0.15, 0.2) is 5.75 Å². The van der Waals surface area contributed by atoms with E-state index in [9.17, 15) is 14.7 Å². The van der Waals surface area contributed by atoms with E-state index in [-0.39, 0.29) is 18.2 Å². The number of unbranched alkanes of at least 4 members (excludes halogenated alkanes) is 1. The Morgan fingerprint density at radius 2 is 2.26 bits per heavy atom. The van der Waals surface area contributed by atoms with Crippen LogP contribution in [0.5, 0.6) is 11.6 Å². The Bertz CT molecular complexity index is 436. The standard InChI is InChI=1S/C12H16N2O5/c1-2-3-7-18-10(16)8-14-12(17)19-11-9(15)5-4-6-13-11/h4-6,15H,2-3,7-8H2,1H3,(H,14,17). The van der Waals surface area contributed by atoms with Crippen molar-refractivity contribution in [1.82, 2.24) is 10.3 Å². The summed E-state index contributed by atoms with van der Waals surface area (Å²) in [5.74, 6) is -1.03. The van der Waals surface area contributed by atoms with Crippen molar-refractivity contribution in [2.45, 2.75) is 19.8 Å². The van der Waals surface area contributed by atoms with Crippen molar-refractivity contribution in [3.63, 3.8) is 0 Å². The third-order valence-corrected chi connectivity index (χ3v) is 2.08. The molecule has 7 heteroatoms. The van der Waals surface area contributed by atoms with Crippen LogP contribution in [0, 0.1) is 0 Å². The minimum atomic E-state index is -0.888. The van der Waals surface area contributed by atoms with Crippen LogP contribution in [-0.4, -0.2) is 35.3 Å². The third kappa shape index (κ3) is 5.71. The van der Waals surface area contributed by atoms with Gasteiger partial charge in [-0.15, -0.1) is 0 Å². The summed E-state index contributed by atoms with van der Waals surface area (Å²) in [7, 11) is 0. The lowest BCUT2D eigenvalue weighted by molar-refractivity contribution is -0.142. The largest absolute Gasteiger partial charge is 0.503 e. The maximum Gasteiger partial charge on any atom is 0.414 e. The molecule has 0 unspecified atom stereocenters. The SMILES string of the molecule is CCCCOC(=O)CNC(=O)Oc1ncccc1O. The average molecular weight is 268 g/mol. The molecule has 1 rings (SSSR count). The fourth-order valence-electron chi connectivity index (χ4n) is 1.11. The Labute approximate surface area is 110 Å². The van der Waals surface area contributed by atoms with Crippen molar-refractivity contribution >= 4 is 12.1 Å². The summed E-state index contributed by atoms with van der Waals surface area (Å²) in [4.78, 5) is 26.1. The molecule has 0 spiro atoms. The smallest absolute Gasteiger partial charge is 0.414 e. The molecule has 1 aromatic heterocycles. The van der Waals surface area contributed by atoms with Crippen LogP contribution in [0.2, 0.25) is 0 Å². The predicted molar refractivity (Wildman–Crippen MR) is 65.8 cm³/mol. The molecule has 0 fully saturated rings.